The Balaban J connectivity index is 2.00. The maximum absolute atomic E-state index is 12.2. The third-order valence-corrected chi connectivity index (χ3v) is 5.75. The summed E-state index contributed by atoms with van der Waals surface area (Å²) in [5.74, 6) is -0.599. The predicted octanol–water partition coefficient (Wildman–Crippen LogP) is 1.53. The zero-order chi connectivity index (χ0) is 19.6. The molecule has 1 aromatic carbocycles. The monoisotopic (exact) mass is 435 g/mol. The summed E-state index contributed by atoms with van der Waals surface area (Å²) in [6, 6.07) is 7.42. The Hall–Kier alpha value is -2.47. The Kier molecular flexibility index (Phi) is 8.20. The van der Waals surface area contributed by atoms with Gasteiger partial charge in [0.1, 0.15) is 0 Å². The van der Waals surface area contributed by atoms with Crippen molar-refractivity contribution in [3.8, 4) is 0 Å². The van der Waals surface area contributed by atoms with E-state index in [1.807, 2.05) is 18.2 Å². The van der Waals surface area contributed by atoms with E-state index in [1.54, 1.807) is 31.2 Å². The molecule has 142 valence electrons. The molecule has 0 bridgehead atoms. The summed E-state index contributed by atoms with van der Waals surface area (Å²) in [7, 11) is 1.41. The molecule has 0 spiro atoms. The summed E-state index contributed by atoms with van der Waals surface area (Å²) >= 11 is 0.0477. The van der Waals surface area contributed by atoms with Gasteiger partial charge >= 0.3 is 164 Å². The molecule has 0 amide bonds. The Morgan fingerprint density at radius 1 is 1.19 bits per heavy atom. The van der Waals surface area contributed by atoms with Crippen LogP contribution in [0, 0.1) is 0 Å². The molecule has 2 rings (SSSR count). The van der Waals surface area contributed by atoms with Crippen molar-refractivity contribution in [2.45, 2.75) is 13.3 Å². The average molecular weight is 434 g/mol. The summed E-state index contributed by atoms with van der Waals surface area (Å²) in [4.78, 5) is 28.7. The van der Waals surface area contributed by atoms with Crippen molar-refractivity contribution >= 4 is 36.9 Å². The van der Waals surface area contributed by atoms with Crippen molar-refractivity contribution in [1.82, 2.24) is 0 Å². The van der Waals surface area contributed by atoms with E-state index in [2.05, 4.69) is 16.1 Å². The van der Waals surface area contributed by atoms with Gasteiger partial charge in [-0.25, -0.2) is 0 Å². The molecule has 1 aromatic rings. The fraction of sp³-hybridized carbons (Fsp3) is 0.250. The maximum atomic E-state index is 12.2. The number of carbonyl (C=O) groups is 2. The number of allylic oxidation sites excluding steroid dienone is 4. The van der Waals surface area contributed by atoms with E-state index in [0.717, 1.165) is 8.93 Å². The first-order chi connectivity index (χ1) is 13.0. The number of oxime groups is 1. The minimum atomic E-state index is -0.432. The number of hydrogen-bond acceptors (Lipinski definition) is 6. The van der Waals surface area contributed by atoms with Crippen LogP contribution in [0.3, 0.4) is 0 Å². The molecule has 0 heterocycles. The van der Waals surface area contributed by atoms with Crippen LogP contribution >= 0.6 is 0 Å². The molecule has 1 aliphatic carbocycles. The topological polar surface area (TPSA) is 85.2 Å². The molecule has 0 saturated heterocycles. The molecule has 0 unspecified atom stereocenters. The number of rotatable bonds is 8. The number of aliphatic hydroxyl groups excluding tert-OH is 1. The molecule has 27 heavy (non-hydrogen) atoms. The van der Waals surface area contributed by atoms with Crippen LogP contribution in [-0.2, 0) is 14.4 Å². The molecule has 0 aliphatic heterocycles. The number of hydrogen-bond donors (Lipinski definition) is 1. The Bertz CT molecular complexity index is 806. The van der Waals surface area contributed by atoms with E-state index >= 15 is 0 Å². The molecule has 0 radical (unpaired) electrons. The number of ether oxygens (including phenoxy) is 1. The van der Waals surface area contributed by atoms with Gasteiger partial charge in [0.2, 0.25) is 0 Å². The van der Waals surface area contributed by atoms with Gasteiger partial charge in [-0.15, -0.1) is 0 Å². The third-order valence-electron chi connectivity index (χ3n) is 3.55. The summed E-state index contributed by atoms with van der Waals surface area (Å²) in [5.41, 5.74) is 1.35. The molecule has 7 heteroatoms. The number of aliphatic hydroxyl groups is 1. The van der Waals surface area contributed by atoms with Gasteiger partial charge in [-0.2, -0.15) is 0 Å². The van der Waals surface area contributed by atoms with Crippen LogP contribution in [0.1, 0.15) is 23.7 Å². The van der Waals surface area contributed by atoms with Crippen molar-refractivity contribution < 1.29 is 24.3 Å². The molecule has 1 aliphatic rings. The van der Waals surface area contributed by atoms with Crippen LogP contribution in [0.25, 0.3) is 0 Å². The zero-order valence-electron chi connectivity index (χ0n) is 15.2. The van der Waals surface area contributed by atoms with Crippen molar-refractivity contribution in [2.75, 3.05) is 20.3 Å². The van der Waals surface area contributed by atoms with Gasteiger partial charge in [0.25, 0.3) is 0 Å². The number of esters is 1. The molecule has 0 fully saturated rings. The Morgan fingerprint density at radius 3 is 2.59 bits per heavy atom. The predicted molar refractivity (Wildman–Crippen MR) is 104 cm³/mol. The minimum absolute atomic E-state index is 0.00608. The van der Waals surface area contributed by atoms with Crippen molar-refractivity contribution in [3.05, 3.63) is 64.2 Å². The van der Waals surface area contributed by atoms with E-state index < -0.39 is 5.97 Å². The first-order valence-electron chi connectivity index (χ1n) is 8.32. The van der Waals surface area contributed by atoms with Gasteiger partial charge in [0.05, 0.1) is 0 Å². The van der Waals surface area contributed by atoms with Gasteiger partial charge in [0.15, 0.2) is 0 Å². The summed E-state index contributed by atoms with van der Waals surface area (Å²) in [6.45, 7) is 1.42. The van der Waals surface area contributed by atoms with Gasteiger partial charge in [0, 0.05) is 0 Å². The SMILES string of the molecule is CO/N=C(\C)C(=O)c1ccc([Se]C2=CCC=C(C(=O)OCCO)C=C2)cc1. The second kappa shape index (κ2) is 10.6. The van der Waals surface area contributed by atoms with Gasteiger partial charge < -0.3 is 0 Å². The first kappa shape index (κ1) is 20.8. The fourth-order valence-electron chi connectivity index (χ4n) is 2.26. The van der Waals surface area contributed by atoms with Gasteiger partial charge in [-0.3, -0.25) is 0 Å². The third kappa shape index (κ3) is 6.32. The van der Waals surface area contributed by atoms with E-state index in [0.29, 0.717) is 23.3 Å². The van der Waals surface area contributed by atoms with E-state index in [-0.39, 0.29) is 34.0 Å². The zero-order valence-corrected chi connectivity index (χ0v) is 16.9. The van der Waals surface area contributed by atoms with Crippen LogP contribution in [-0.4, -0.2) is 57.9 Å². The molecule has 6 nitrogen and oxygen atoms in total. The van der Waals surface area contributed by atoms with E-state index in [1.165, 1.54) is 7.11 Å². The molecular weight excluding hydrogens is 413 g/mol. The quantitative estimate of drug-likeness (QED) is 0.221. The van der Waals surface area contributed by atoms with Crippen LogP contribution in [0.5, 0.6) is 0 Å². The fourth-order valence-corrected chi connectivity index (χ4v) is 4.06. The number of ketones is 1. The van der Waals surface area contributed by atoms with Crippen molar-refractivity contribution in [3.63, 3.8) is 0 Å². The number of carbonyl (C=O) groups excluding carboxylic acids is 2. The molecular formula is C20H21NO5Se. The number of nitrogens with zero attached hydrogens (tertiary/aromatic N) is 1. The molecule has 0 saturated carbocycles. The molecule has 1 N–H and O–H groups in total. The summed E-state index contributed by atoms with van der Waals surface area (Å²) in [5, 5.41) is 12.4. The van der Waals surface area contributed by atoms with Crippen LogP contribution < -0.4 is 4.46 Å². The van der Waals surface area contributed by atoms with Crippen molar-refractivity contribution in [2.24, 2.45) is 5.16 Å². The summed E-state index contributed by atoms with van der Waals surface area (Å²) in [6.07, 6.45) is 8.16. The van der Waals surface area contributed by atoms with Crippen LogP contribution in [0.15, 0.2) is 63.8 Å². The summed E-state index contributed by atoms with van der Waals surface area (Å²) < 4.78 is 7.17. The Labute approximate surface area is 164 Å². The molecule has 0 atom stereocenters. The van der Waals surface area contributed by atoms with E-state index in [4.69, 9.17) is 9.84 Å². The second-order valence-electron chi connectivity index (χ2n) is 5.51. The average Bonchev–Trinajstić information content (AvgIpc) is 2.92. The second-order valence-corrected chi connectivity index (χ2v) is 7.92. The number of benzene rings is 1. The molecule has 0 aromatic heterocycles. The van der Waals surface area contributed by atoms with Crippen molar-refractivity contribution in [1.29, 1.82) is 0 Å². The van der Waals surface area contributed by atoms with Crippen LogP contribution in [0.4, 0.5) is 0 Å². The number of Topliss-reactive ketones (excluding diaryl/α,β-unsaturated/α-hetero) is 1. The Morgan fingerprint density at radius 2 is 1.93 bits per heavy atom. The first-order valence-corrected chi connectivity index (χ1v) is 10.0. The normalized spacial score (nSPS) is 14.1. The van der Waals surface area contributed by atoms with Gasteiger partial charge in [-0.05, 0) is 0 Å². The standard InChI is InChI=1S/C20H21NO5Se/c1-14(21-25-2)19(23)15-6-9-18(10-7-15)27-17-5-3-4-16(8-11-17)20(24)26-13-12-22/h4-11,22H,3,12-13H2,1-2H3/b21-14+. The van der Waals surface area contributed by atoms with E-state index in [9.17, 15) is 9.59 Å². The van der Waals surface area contributed by atoms with Crippen LogP contribution in [0.2, 0.25) is 0 Å². The van der Waals surface area contributed by atoms with Gasteiger partial charge in [-0.1, -0.05) is 0 Å².